The molecule has 2 rings (SSSR count). The number of hydrogen-bond donors (Lipinski definition) is 0. The van der Waals surface area contributed by atoms with Gasteiger partial charge in [0.05, 0.1) is 16.9 Å². The molecule has 2 aromatic rings. The van der Waals surface area contributed by atoms with Gasteiger partial charge in [-0.1, -0.05) is 67.6 Å². The number of para-hydroxylation sites is 1. The lowest BCUT2D eigenvalue weighted by molar-refractivity contribution is 0.659. The standard InChI is InChI=1S/C21H26ClN3/c1-6-10-16(3)13-14-21(5,22)18(7-2)17(4)15-25-20-12-9-8-11-19(20)23-24-25/h7-9,11-14H,3-4,6,10,15H2,1-2,5H3/b14-13+,18-7-. The minimum atomic E-state index is -0.640. The predicted molar refractivity (Wildman–Crippen MR) is 108 cm³/mol. The Kier molecular flexibility index (Phi) is 6.38. The summed E-state index contributed by atoms with van der Waals surface area (Å²) in [6.07, 6.45) is 8.07. The van der Waals surface area contributed by atoms with Gasteiger partial charge in [-0.25, -0.2) is 4.68 Å². The van der Waals surface area contributed by atoms with Crippen molar-refractivity contribution in [2.75, 3.05) is 0 Å². The van der Waals surface area contributed by atoms with Crippen molar-refractivity contribution in [3.63, 3.8) is 0 Å². The highest BCUT2D eigenvalue weighted by molar-refractivity contribution is 6.27. The van der Waals surface area contributed by atoms with Crippen LogP contribution in [-0.2, 0) is 6.54 Å². The van der Waals surface area contributed by atoms with Crippen molar-refractivity contribution in [1.29, 1.82) is 0 Å². The Bertz CT molecular complexity index is 825. The first-order chi connectivity index (χ1) is 11.9. The van der Waals surface area contributed by atoms with Gasteiger partial charge in [0.15, 0.2) is 0 Å². The Balaban J connectivity index is 2.19. The first kappa shape index (κ1) is 19.2. The van der Waals surface area contributed by atoms with Gasteiger partial charge in [0.1, 0.15) is 5.52 Å². The van der Waals surface area contributed by atoms with E-state index in [4.69, 9.17) is 11.6 Å². The van der Waals surface area contributed by atoms with E-state index in [2.05, 4.69) is 30.4 Å². The van der Waals surface area contributed by atoms with Crippen LogP contribution in [0.5, 0.6) is 0 Å². The number of rotatable bonds is 8. The molecule has 0 N–H and O–H groups in total. The topological polar surface area (TPSA) is 30.7 Å². The van der Waals surface area contributed by atoms with Crippen LogP contribution < -0.4 is 0 Å². The highest BCUT2D eigenvalue weighted by Crippen LogP contribution is 2.32. The molecule has 1 heterocycles. The number of alkyl halides is 1. The molecule has 1 aromatic carbocycles. The number of allylic oxidation sites excluding steroid dienone is 6. The fourth-order valence-electron chi connectivity index (χ4n) is 2.90. The number of aromatic nitrogens is 3. The molecular weight excluding hydrogens is 330 g/mol. The van der Waals surface area contributed by atoms with Gasteiger partial charge >= 0.3 is 0 Å². The van der Waals surface area contributed by atoms with Crippen LogP contribution in [0.25, 0.3) is 11.0 Å². The molecule has 0 aliphatic carbocycles. The summed E-state index contributed by atoms with van der Waals surface area (Å²) in [5, 5.41) is 8.43. The molecule has 0 radical (unpaired) electrons. The zero-order chi connectivity index (χ0) is 18.4. The molecule has 0 amide bonds. The van der Waals surface area contributed by atoms with Crippen LogP contribution in [0.15, 0.2) is 72.4 Å². The van der Waals surface area contributed by atoms with Crippen LogP contribution in [0.3, 0.4) is 0 Å². The van der Waals surface area contributed by atoms with E-state index in [0.717, 1.165) is 40.6 Å². The molecule has 0 aliphatic rings. The maximum Gasteiger partial charge on any atom is 0.113 e. The van der Waals surface area contributed by atoms with E-state index >= 15 is 0 Å². The molecule has 0 bridgehead atoms. The van der Waals surface area contributed by atoms with E-state index in [9.17, 15) is 0 Å². The summed E-state index contributed by atoms with van der Waals surface area (Å²) in [5.41, 5.74) is 4.84. The molecule has 3 nitrogen and oxygen atoms in total. The van der Waals surface area contributed by atoms with Crippen LogP contribution in [0, 0.1) is 0 Å². The number of halogens is 1. The van der Waals surface area contributed by atoms with Gasteiger partial charge in [-0.05, 0) is 43.5 Å². The van der Waals surface area contributed by atoms with Crippen LogP contribution in [0.2, 0.25) is 0 Å². The molecule has 0 fully saturated rings. The first-order valence-electron chi connectivity index (χ1n) is 8.58. The molecule has 0 saturated carbocycles. The number of fused-ring (bicyclic) bond motifs is 1. The highest BCUT2D eigenvalue weighted by atomic mass is 35.5. The Labute approximate surface area is 155 Å². The van der Waals surface area contributed by atoms with E-state index in [0.29, 0.717) is 6.54 Å². The van der Waals surface area contributed by atoms with E-state index in [1.54, 1.807) is 0 Å². The third-order valence-electron chi connectivity index (χ3n) is 4.16. The van der Waals surface area contributed by atoms with Gasteiger partial charge in [-0.3, -0.25) is 0 Å². The molecule has 0 aliphatic heterocycles. The zero-order valence-electron chi connectivity index (χ0n) is 15.3. The number of nitrogens with zero attached hydrogens (tertiary/aromatic N) is 3. The van der Waals surface area contributed by atoms with E-state index in [1.807, 2.05) is 61.0 Å². The second-order valence-corrected chi connectivity index (χ2v) is 7.14. The Morgan fingerprint density at radius 1 is 1.32 bits per heavy atom. The van der Waals surface area contributed by atoms with Crippen molar-refractivity contribution in [3.05, 3.63) is 72.4 Å². The minimum absolute atomic E-state index is 0.548. The molecule has 0 saturated heterocycles. The summed E-state index contributed by atoms with van der Waals surface area (Å²) in [5.74, 6) is 0. The lowest BCUT2D eigenvalue weighted by atomic mass is 9.92. The fraction of sp³-hybridized carbons (Fsp3) is 0.333. The van der Waals surface area contributed by atoms with Crippen molar-refractivity contribution in [3.8, 4) is 0 Å². The molecule has 1 atom stereocenters. The second-order valence-electron chi connectivity index (χ2n) is 6.36. The molecule has 132 valence electrons. The van der Waals surface area contributed by atoms with Gasteiger partial charge in [-0.15, -0.1) is 16.7 Å². The SMILES string of the molecule is C=C(/C=C/C(C)(Cl)/C(=C\C)C(=C)Cn1nnc2ccccc21)CCC. The fourth-order valence-corrected chi connectivity index (χ4v) is 3.21. The zero-order valence-corrected chi connectivity index (χ0v) is 16.1. The lowest BCUT2D eigenvalue weighted by Crippen LogP contribution is -2.20. The molecule has 25 heavy (non-hydrogen) atoms. The van der Waals surface area contributed by atoms with Crippen LogP contribution >= 0.6 is 11.6 Å². The van der Waals surface area contributed by atoms with Gasteiger partial charge in [0.2, 0.25) is 0 Å². The van der Waals surface area contributed by atoms with Crippen molar-refractivity contribution < 1.29 is 0 Å². The smallest absolute Gasteiger partial charge is 0.113 e. The number of hydrogen-bond acceptors (Lipinski definition) is 2. The minimum Gasteiger partial charge on any atom is -0.240 e. The summed E-state index contributed by atoms with van der Waals surface area (Å²) in [4.78, 5) is -0.640. The van der Waals surface area contributed by atoms with Crippen LogP contribution in [0.1, 0.15) is 33.6 Å². The van der Waals surface area contributed by atoms with Gasteiger partial charge in [-0.2, -0.15) is 0 Å². The Morgan fingerprint density at radius 2 is 2.04 bits per heavy atom. The molecule has 1 unspecified atom stereocenters. The third kappa shape index (κ3) is 4.70. The first-order valence-corrected chi connectivity index (χ1v) is 8.96. The molecular formula is C21H26ClN3. The maximum absolute atomic E-state index is 6.80. The quantitative estimate of drug-likeness (QED) is 0.439. The molecule has 4 heteroatoms. The van der Waals surface area contributed by atoms with E-state index in [1.165, 1.54) is 0 Å². The maximum atomic E-state index is 6.80. The van der Waals surface area contributed by atoms with Crippen molar-refractivity contribution in [1.82, 2.24) is 15.0 Å². The van der Waals surface area contributed by atoms with E-state index < -0.39 is 4.87 Å². The third-order valence-corrected chi connectivity index (χ3v) is 4.49. The molecule has 0 spiro atoms. The Morgan fingerprint density at radius 3 is 2.72 bits per heavy atom. The highest BCUT2D eigenvalue weighted by Gasteiger charge is 2.25. The van der Waals surface area contributed by atoms with Crippen molar-refractivity contribution >= 4 is 22.6 Å². The average Bonchev–Trinajstić information content (AvgIpc) is 2.97. The second kappa shape index (κ2) is 8.30. The van der Waals surface area contributed by atoms with Gasteiger partial charge < -0.3 is 0 Å². The largest absolute Gasteiger partial charge is 0.240 e. The average molecular weight is 356 g/mol. The summed E-state index contributed by atoms with van der Waals surface area (Å²) >= 11 is 6.80. The lowest BCUT2D eigenvalue weighted by Gasteiger charge is -2.24. The Hall–Kier alpha value is -2.13. The van der Waals surface area contributed by atoms with Crippen molar-refractivity contribution in [2.24, 2.45) is 0 Å². The summed E-state index contributed by atoms with van der Waals surface area (Å²) in [6, 6.07) is 7.89. The normalized spacial score (nSPS) is 14.8. The van der Waals surface area contributed by atoms with Gasteiger partial charge in [0.25, 0.3) is 0 Å². The monoisotopic (exact) mass is 355 g/mol. The summed E-state index contributed by atoms with van der Waals surface area (Å²) in [6.45, 7) is 14.9. The van der Waals surface area contributed by atoms with E-state index in [-0.39, 0.29) is 0 Å². The summed E-state index contributed by atoms with van der Waals surface area (Å²) in [7, 11) is 0. The number of benzene rings is 1. The summed E-state index contributed by atoms with van der Waals surface area (Å²) < 4.78 is 1.86. The predicted octanol–water partition coefficient (Wildman–Crippen LogP) is 5.84. The van der Waals surface area contributed by atoms with Gasteiger partial charge in [0, 0.05) is 0 Å². The molecule has 1 aromatic heterocycles. The van der Waals surface area contributed by atoms with Crippen molar-refractivity contribution in [2.45, 2.75) is 45.0 Å². The van der Waals surface area contributed by atoms with Crippen LogP contribution in [-0.4, -0.2) is 19.9 Å². The van der Waals surface area contributed by atoms with Crippen LogP contribution in [0.4, 0.5) is 0 Å².